The van der Waals surface area contributed by atoms with Crippen LogP contribution in [-0.4, -0.2) is 31.4 Å². The minimum absolute atomic E-state index is 0.150. The molecule has 2 bridgehead atoms. The maximum Gasteiger partial charge on any atom is 0.310 e. The number of benzene rings is 1. The zero-order valence-electron chi connectivity index (χ0n) is 13.4. The molecular formula is C18H19ClO5. The second-order valence-electron chi connectivity index (χ2n) is 6.45. The first kappa shape index (κ1) is 17.0. The number of esters is 2. The van der Waals surface area contributed by atoms with Crippen LogP contribution < -0.4 is 0 Å². The predicted octanol–water partition coefficient (Wildman–Crippen LogP) is 2.90. The number of methoxy groups -OCH3 is 1. The summed E-state index contributed by atoms with van der Waals surface area (Å²) in [6.45, 7) is -0.331. The van der Waals surface area contributed by atoms with Gasteiger partial charge in [0.15, 0.2) is 12.4 Å². The van der Waals surface area contributed by atoms with Crippen LogP contribution in [0.3, 0.4) is 0 Å². The van der Waals surface area contributed by atoms with Crippen LogP contribution in [0.15, 0.2) is 24.3 Å². The number of Topliss-reactive ketones (excluding diaryl/α,β-unsaturated/α-hetero) is 1. The van der Waals surface area contributed by atoms with E-state index in [-0.39, 0.29) is 30.2 Å². The summed E-state index contributed by atoms with van der Waals surface area (Å²) in [6, 6.07) is 6.40. The highest BCUT2D eigenvalue weighted by Crippen LogP contribution is 2.53. The minimum Gasteiger partial charge on any atom is -0.469 e. The fourth-order valence-corrected chi connectivity index (χ4v) is 4.18. The Morgan fingerprint density at radius 1 is 1.04 bits per heavy atom. The van der Waals surface area contributed by atoms with Crippen molar-refractivity contribution in [2.75, 3.05) is 13.7 Å². The number of ether oxygens (including phenoxy) is 2. The fraction of sp³-hybridized carbons (Fsp3) is 0.500. The van der Waals surface area contributed by atoms with Crippen LogP contribution in [0.1, 0.15) is 29.6 Å². The monoisotopic (exact) mass is 350 g/mol. The van der Waals surface area contributed by atoms with Gasteiger partial charge in [-0.2, -0.15) is 0 Å². The Kier molecular flexibility index (Phi) is 4.90. The molecule has 4 atom stereocenters. The molecule has 6 heteroatoms. The maximum absolute atomic E-state index is 12.5. The van der Waals surface area contributed by atoms with E-state index in [4.69, 9.17) is 21.1 Å². The summed E-state index contributed by atoms with van der Waals surface area (Å²) < 4.78 is 10.1. The lowest BCUT2D eigenvalue weighted by atomic mass is 9.79. The van der Waals surface area contributed by atoms with E-state index in [1.54, 1.807) is 24.3 Å². The molecule has 0 unspecified atom stereocenters. The van der Waals surface area contributed by atoms with Gasteiger partial charge < -0.3 is 9.47 Å². The van der Waals surface area contributed by atoms with Gasteiger partial charge in [0.1, 0.15) is 0 Å². The zero-order valence-corrected chi connectivity index (χ0v) is 14.1. The Labute approximate surface area is 145 Å². The van der Waals surface area contributed by atoms with Crippen molar-refractivity contribution in [1.82, 2.24) is 0 Å². The largest absolute Gasteiger partial charge is 0.469 e. The van der Waals surface area contributed by atoms with Gasteiger partial charge in [-0.1, -0.05) is 11.6 Å². The van der Waals surface area contributed by atoms with Gasteiger partial charge in [-0.05, 0) is 55.4 Å². The molecule has 0 amide bonds. The molecule has 0 radical (unpaired) electrons. The lowest BCUT2D eigenvalue weighted by Crippen LogP contribution is -2.37. The Morgan fingerprint density at radius 3 is 2.21 bits per heavy atom. The molecule has 2 aliphatic carbocycles. The van der Waals surface area contributed by atoms with Crippen molar-refractivity contribution in [2.24, 2.45) is 23.7 Å². The number of halogens is 1. The Balaban J connectivity index is 1.63. The third kappa shape index (κ3) is 3.18. The van der Waals surface area contributed by atoms with E-state index >= 15 is 0 Å². The van der Waals surface area contributed by atoms with E-state index < -0.39 is 17.8 Å². The summed E-state index contributed by atoms with van der Waals surface area (Å²) in [5, 5.41) is 0.534. The number of hydrogen-bond donors (Lipinski definition) is 0. The molecule has 24 heavy (non-hydrogen) atoms. The molecule has 0 aromatic heterocycles. The molecule has 0 aliphatic heterocycles. The highest BCUT2D eigenvalue weighted by molar-refractivity contribution is 6.30. The third-order valence-electron chi connectivity index (χ3n) is 5.17. The topological polar surface area (TPSA) is 69.7 Å². The minimum atomic E-state index is -0.491. The lowest BCUT2D eigenvalue weighted by molar-refractivity contribution is -0.161. The van der Waals surface area contributed by atoms with Crippen LogP contribution in [-0.2, 0) is 19.1 Å². The first-order chi connectivity index (χ1) is 11.5. The fourth-order valence-electron chi connectivity index (χ4n) is 4.06. The number of carbonyl (C=O) groups is 3. The molecule has 2 aliphatic rings. The normalized spacial score (nSPS) is 27.8. The molecule has 128 valence electrons. The standard InChI is InChI=1S/C18H19ClO5/c1-23-17(21)15-11-2-3-12(8-11)16(15)18(22)24-9-14(20)10-4-6-13(19)7-5-10/h4-7,11-12,15-16H,2-3,8-9H2,1H3/t11-,12-,15+,16-/m0/s1. The first-order valence-corrected chi connectivity index (χ1v) is 8.42. The molecule has 5 nitrogen and oxygen atoms in total. The average molecular weight is 351 g/mol. The third-order valence-corrected chi connectivity index (χ3v) is 5.43. The van der Waals surface area contributed by atoms with Gasteiger partial charge in [-0.3, -0.25) is 14.4 Å². The maximum atomic E-state index is 12.5. The number of rotatable bonds is 5. The van der Waals surface area contributed by atoms with E-state index in [9.17, 15) is 14.4 Å². The van der Waals surface area contributed by atoms with Crippen molar-refractivity contribution in [3.05, 3.63) is 34.9 Å². The van der Waals surface area contributed by atoms with Crippen molar-refractivity contribution in [1.29, 1.82) is 0 Å². The van der Waals surface area contributed by atoms with Gasteiger partial charge in [0, 0.05) is 10.6 Å². The highest BCUT2D eigenvalue weighted by Gasteiger charge is 2.55. The van der Waals surface area contributed by atoms with Crippen molar-refractivity contribution in [3.63, 3.8) is 0 Å². The van der Waals surface area contributed by atoms with Crippen molar-refractivity contribution >= 4 is 29.3 Å². The van der Waals surface area contributed by atoms with E-state index in [1.807, 2.05) is 0 Å². The molecule has 0 heterocycles. The molecule has 1 aromatic rings. The summed E-state index contributed by atoms with van der Waals surface area (Å²) in [6.07, 6.45) is 2.71. The first-order valence-electron chi connectivity index (χ1n) is 8.04. The molecule has 2 fully saturated rings. The van der Waals surface area contributed by atoms with Gasteiger partial charge in [0.05, 0.1) is 18.9 Å². The van der Waals surface area contributed by atoms with E-state index in [0.29, 0.717) is 10.6 Å². The second kappa shape index (κ2) is 6.93. The van der Waals surface area contributed by atoms with Crippen LogP contribution in [0.5, 0.6) is 0 Å². The summed E-state index contributed by atoms with van der Waals surface area (Å²) in [5.74, 6) is -1.71. The van der Waals surface area contributed by atoms with Crippen molar-refractivity contribution < 1.29 is 23.9 Å². The number of carbonyl (C=O) groups excluding carboxylic acids is 3. The predicted molar refractivity (Wildman–Crippen MR) is 86.6 cm³/mol. The van der Waals surface area contributed by atoms with E-state index in [1.165, 1.54) is 7.11 Å². The lowest BCUT2D eigenvalue weighted by Gasteiger charge is -2.27. The molecule has 0 spiro atoms. The van der Waals surface area contributed by atoms with Gasteiger partial charge in [0.25, 0.3) is 0 Å². The summed E-state index contributed by atoms with van der Waals surface area (Å²) in [4.78, 5) is 36.5. The van der Waals surface area contributed by atoms with Crippen molar-refractivity contribution in [3.8, 4) is 0 Å². The van der Waals surface area contributed by atoms with Gasteiger partial charge in [-0.25, -0.2) is 0 Å². The second-order valence-corrected chi connectivity index (χ2v) is 6.88. The molecule has 2 saturated carbocycles. The summed E-state index contributed by atoms with van der Waals surface area (Å²) in [7, 11) is 1.33. The Morgan fingerprint density at radius 2 is 1.62 bits per heavy atom. The molecule has 0 N–H and O–H groups in total. The van der Waals surface area contributed by atoms with E-state index in [2.05, 4.69) is 0 Å². The summed E-state index contributed by atoms with van der Waals surface area (Å²) in [5.41, 5.74) is 0.435. The summed E-state index contributed by atoms with van der Waals surface area (Å²) >= 11 is 5.79. The van der Waals surface area contributed by atoms with Crippen LogP contribution >= 0.6 is 11.6 Å². The zero-order chi connectivity index (χ0) is 17.3. The van der Waals surface area contributed by atoms with Crippen LogP contribution in [0.2, 0.25) is 5.02 Å². The highest BCUT2D eigenvalue weighted by atomic mass is 35.5. The van der Waals surface area contributed by atoms with Gasteiger partial charge in [0.2, 0.25) is 0 Å². The van der Waals surface area contributed by atoms with Gasteiger partial charge in [-0.15, -0.1) is 0 Å². The average Bonchev–Trinajstić information content (AvgIpc) is 3.20. The smallest absolute Gasteiger partial charge is 0.310 e. The van der Waals surface area contributed by atoms with Crippen LogP contribution in [0.25, 0.3) is 0 Å². The molecule has 1 aromatic carbocycles. The quantitative estimate of drug-likeness (QED) is 0.603. The molecule has 0 saturated heterocycles. The number of ketones is 1. The van der Waals surface area contributed by atoms with Crippen LogP contribution in [0.4, 0.5) is 0 Å². The van der Waals surface area contributed by atoms with E-state index in [0.717, 1.165) is 19.3 Å². The van der Waals surface area contributed by atoms with Crippen molar-refractivity contribution in [2.45, 2.75) is 19.3 Å². The molecular weight excluding hydrogens is 332 g/mol. The van der Waals surface area contributed by atoms with Crippen LogP contribution in [0, 0.1) is 23.7 Å². The number of fused-ring (bicyclic) bond motifs is 2. The van der Waals surface area contributed by atoms with Gasteiger partial charge >= 0.3 is 11.9 Å². The Bertz CT molecular complexity index is 654. The SMILES string of the molecule is COC(=O)[C@@H]1[C@H]2CC[C@@H](C2)[C@@H]1C(=O)OCC(=O)c1ccc(Cl)cc1. The molecule has 3 rings (SSSR count). The Hall–Kier alpha value is -1.88. The number of hydrogen-bond acceptors (Lipinski definition) is 5.